The van der Waals surface area contributed by atoms with Gasteiger partial charge in [0, 0.05) is 31.5 Å². The highest BCUT2D eigenvalue weighted by Crippen LogP contribution is 2.50. The van der Waals surface area contributed by atoms with Gasteiger partial charge in [0.15, 0.2) is 0 Å². The van der Waals surface area contributed by atoms with Gasteiger partial charge in [0.1, 0.15) is 0 Å². The fourth-order valence-electron chi connectivity index (χ4n) is 4.77. The minimum atomic E-state index is -0.153. The van der Waals surface area contributed by atoms with Gasteiger partial charge in [-0.15, -0.1) is 0 Å². The smallest absolute Gasteiger partial charge is 0.302 e. The molecule has 0 radical (unpaired) electrons. The number of hydrogen-bond donors (Lipinski definition) is 0. The Kier molecular flexibility index (Phi) is 3.53. The molecule has 4 aliphatic heterocycles. The predicted molar refractivity (Wildman–Crippen MR) is 86.2 cm³/mol. The van der Waals surface area contributed by atoms with Gasteiger partial charge in [-0.1, -0.05) is 42.0 Å². The fraction of sp³-hybridized carbons (Fsp3) is 0.526. The van der Waals surface area contributed by atoms with Gasteiger partial charge >= 0.3 is 5.97 Å². The topological polar surface area (TPSA) is 29.5 Å². The lowest BCUT2D eigenvalue weighted by molar-refractivity contribution is -0.145. The number of carbonyl (C=O) groups excluding carboxylic acids is 1. The zero-order valence-corrected chi connectivity index (χ0v) is 13.1. The summed E-state index contributed by atoms with van der Waals surface area (Å²) in [7, 11) is 0. The first kappa shape index (κ1) is 14.0. The standard InChI is InChI=1S/C19H23NO2/c1-13(21)22-12-18-17-10-16-7-8-19(18)20(16)11-15(17)9-14-5-3-2-4-6-14/h2-6,9,16-19H,7-8,10-12H2,1H3/b15-9+/t16-,17+,18-,19+/m0/s1. The first-order chi connectivity index (χ1) is 10.7. The second-order valence-electron chi connectivity index (χ2n) is 6.91. The minimum Gasteiger partial charge on any atom is -0.465 e. The number of piperidine rings is 3. The SMILES string of the molecule is CC(=O)OC[C@H]1[C@@H]2C[C@@H]3CC[C@H]1N3C/C2=C\c1ccccc1. The van der Waals surface area contributed by atoms with Crippen molar-refractivity contribution >= 4 is 12.0 Å². The van der Waals surface area contributed by atoms with E-state index in [-0.39, 0.29) is 5.97 Å². The summed E-state index contributed by atoms with van der Waals surface area (Å²) in [6.07, 6.45) is 6.18. The Morgan fingerprint density at radius 3 is 2.91 bits per heavy atom. The largest absolute Gasteiger partial charge is 0.465 e. The van der Waals surface area contributed by atoms with Crippen LogP contribution < -0.4 is 0 Å². The van der Waals surface area contributed by atoms with E-state index in [4.69, 9.17) is 4.74 Å². The maximum Gasteiger partial charge on any atom is 0.302 e. The van der Waals surface area contributed by atoms with E-state index in [0.717, 1.165) is 12.6 Å². The van der Waals surface area contributed by atoms with Crippen molar-refractivity contribution in [2.75, 3.05) is 13.2 Å². The third-order valence-corrected chi connectivity index (χ3v) is 5.70. The minimum absolute atomic E-state index is 0.153. The molecule has 0 spiro atoms. The van der Waals surface area contributed by atoms with Crippen molar-refractivity contribution < 1.29 is 9.53 Å². The molecule has 0 saturated carbocycles. The van der Waals surface area contributed by atoms with Crippen molar-refractivity contribution in [1.82, 2.24) is 4.90 Å². The Morgan fingerprint density at radius 2 is 2.14 bits per heavy atom. The Hall–Kier alpha value is -1.61. The number of esters is 1. The third-order valence-electron chi connectivity index (χ3n) is 5.70. The highest BCUT2D eigenvalue weighted by Gasteiger charge is 2.52. The zero-order valence-electron chi connectivity index (χ0n) is 13.1. The van der Waals surface area contributed by atoms with E-state index >= 15 is 0 Å². The molecule has 22 heavy (non-hydrogen) atoms. The van der Waals surface area contributed by atoms with Crippen LogP contribution in [0.1, 0.15) is 31.7 Å². The van der Waals surface area contributed by atoms with Crippen molar-refractivity contribution in [3.8, 4) is 0 Å². The highest BCUT2D eigenvalue weighted by molar-refractivity contribution is 5.66. The normalized spacial score (nSPS) is 37.5. The lowest BCUT2D eigenvalue weighted by Crippen LogP contribution is -2.57. The van der Waals surface area contributed by atoms with E-state index in [0.29, 0.717) is 24.5 Å². The number of hydrogen-bond acceptors (Lipinski definition) is 3. The summed E-state index contributed by atoms with van der Waals surface area (Å²) >= 11 is 0. The Morgan fingerprint density at radius 1 is 1.32 bits per heavy atom. The Labute approximate surface area is 132 Å². The molecule has 0 N–H and O–H groups in total. The molecule has 0 amide bonds. The van der Waals surface area contributed by atoms with Gasteiger partial charge in [-0.25, -0.2) is 0 Å². The van der Waals surface area contributed by atoms with E-state index in [2.05, 4.69) is 41.3 Å². The van der Waals surface area contributed by atoms with Gasteiger partial charge in [-0.3, -0.25) is 9.69 Å². The van der Waals surface area contributed by atoms with Crippen LogP contribution >= 0.6 is 0 Å². The molecular weight excluding hydrogens is 274 g/mol. The molecule has 5 rings (SSSR count). The first-order valence-electron chi connectivity index (χ1n) is 8.37. The molecule has 0 aromatic heterocycles. The van der Waals surface area contributed by atoms with E-state index in [1.54, 1.807) is 0 Å². The van der Waals surface area contributed by atoms with E-state index < -0.39 is 0 Å². The summed E-state index contributed by atoms with van der Waals surface area (Å²) in [5.74, 6) is 0.910. The molecule has 4 fully saturated rings. The quantitative estimate of drug-likeness (QED) is 0.803. The summed E-state index contributed by atoms with van der Waals surface area (Å²) in [6, 6.07) is 12.0. The number of rotatable bonds is 3. The summed E-state index contributed by atoms with van der Waals surface area (Å²) in [4.78, 5) is 13.9. The lowest BCUT2D eigenvalue weighted by Gasteiger charge is -2.51. The molecule has 3 nitrogen and oxygen atoms in total. The monoisotopic (exact) mass is 297 g/mol. The van der Waals surface area contributed by atoms with Gasteiger partial charge in [-0.2, -0.15) is 0 Å². The van der Waals surface area contributed by atoms with Gasteiger partial charge in [0.05, 0.1) is 6.61 Å². The molecular formula is C19H23NO2. The zero-order chi connectivity index (χ0) is 15.1. The van der Waals surface area contributed by atoms with Gasteiger partial charge in [-0.05, 0) is 30.7 Å². The maximum atomic E-state index is 11.2. The van der Waals surface area contributed by atoms with Crippen LogP contribution in [-0.4, -0.2) is 36.1 Å². The predicted octanol–water partition coefficient (Wildman–Crippen LogP) is 3.12. The molecule has 0 aliphatic carbocycles. The summed E-state index contributed by atoms with van der Waals surface area (Å²) in [6.45, 7) is 3.20. The van der Waals surface area contributed by atoms with Crippen molar-refractivity contribution in [2.45, 2.75) is 38.3 Å². The molecule has 1 unspecified atom stereocenters. The molecule has 116 valence electrons. The van der Waals surface area contributed by atoms with Gasteiger partial charge in [0.2, 0.25) is 0 Å². The van der Waals surface area contributed by atoms with Gasteiger partial charge in [0.25, 0.3) is 0 Å². The first-order valence-corrected chi connectivity index (χ1v) is 8.37. The summed E-state index contributed by atoms with van der Waals surface area (Å²) < 4.78 is 5.39. The fourth-order valence-corrected chi connectivity index (χ4v) is 4.77. The van der Waals surface area contributed by atoms with E-state index in [1.807, 2.05) is 0 Å². The van der Waals surface area contributed by atoms with Crippen molar-refractivity contribution in [2.24, 2.45) is 11.8 Å². The molecule has 1 aromatic carbocycles. The van der Waals surface area contributed by atoms with Crippen LogP contribution in [0.2, 0.25) is 0 Å². The molecule has 1 aromatic rings. The average molecular weight is 297 g/mol. The number of nitrogens with zero attached hydrogens (tertiary/aromatic N) is 1. The number of benzene rings is 1. The van der Waals surface area contributed by atoms with E-state index in [1.165, 1.54) is 37.3 Å². The van der Waals surface area contributed by atoms with Crippen molar-refractivity contribution in [3.05, 3.63) is 41.5 Å². The molecule has 4 heterocycles. The summed E-state index contributed by atoms with van der Waals surface area (Å²) in [5.41, 5.74) is 2.81. The molecule has 4 bridgehead atoms. The molecule has 4 aliphatic rings. The molecule has 3 heteroatoms. The third kappa shape index (κ3) is 2.38. The van der Waals surface area contributed by atoms with E-state index in [9.17, 15) is 4.79 Å². The van der Waals surface area contributed by atoms with Crippen molar-refractivity contribution in [1.29, 1.82) is 0 Å². The number of fused-ring (bicyclic) bond motifs is 1. The second-order valence-corrected chi connectivity index (χ2v) is 6.91. The number of carbonyl (C=O) groups is 1. The number of ether oxygens (including phenoxy) is 1. The molecule has 4 saturated heterocycles. The second kappa shape index (κ2) is 5.54. The highest BCUT2D eigenvalue weighted by atomic mass is 16.5. The Bertz CT molecular complexity index is 595. The van der Waals surface area contributed by atoms with Crippen LogP contribution in [0.3, 0.4) is 0 Å². The summed E-state index contributed by atoms with van der Waals surface area (Å²) in [5, 5.41) is 0. The van der Waals surface area contributed by atoms with Crippen molar-refractivity contribution in [3.63, 3.8) is 0 Å². The van der Waals surface area contributed by atoms with Crippen LogP contribution in [-0.2, 0) is 9.53 Å². The van der Waals surface area contributed by atoms with Crippen LogP contribution in [0.25, 0.3) is 6.08 Å². The van der Waals surface area contributed by atoms with Gasteiger partial charge < -0.3 is 4.74 Å². The average Bonchev–Trinajstić information content (AvgIpc) is 2.84. The maximum absolute atomic E-state index is 11.2. The van der Waals surface area contributed by atoms with Crippen LogP contribution in [0.4, 0.5) is 0 Å². The van der Waals surface area contributed by atoms with Crippen LogP contribution in [0, 0.1) is 11.8 Å². The Balaban J connectivity index is 1.61. The lowest BCUT2D eigenvalue weighted by atomic mass is 9.71. The van der Waals surface area contributed by atoms with Crippen LogP contribution in [0.15, 0.2) is 35.9 Å². The van der Waals surface area contributed by atoms with Crippen LogP contribution in [0.5, 0.6) is 0 Å². The molecule has 5 atom stereocenters.